The van der Waals surface area contributed by atoms with Crippen LogP contribution in [-0.2, 0) is 14.3 Å². The minimum atomic E-state index is -0.717. The van der Waals surface area contributed by atoms with E-state index in [1.165, 1.54) is 0 Å². The molecule has 4 nitrogen and oxygen atoms in total. The van der Waals surface area contributed by atoms with E-state index >= 15 is 0 Å². The summed E-state index contributed by atoms with van der Waals surface area (Å²) in [6.45, 7) is 16.9. The lowest BCUT2D eigenvalue weighted by molar-refractivity contribution is -0.151. The van der Waals surface area contributed by atoms with Crippen molar-refractivity contribution in [1.29, 1.82) is 0 Å². The van der Waals surface area contributed by atoms with Gasteiger partial charge in [-0.3, -0.25) is 9.69 Å². The molecule has 1 amide bonds. The van der Waals surface area contributed by atoms with Crippen molar-refractivity contribution in [3.8, 4) is 0 Å². The third-order valence-corrected chi connectivity index (χ3v) is 2.88. The topological polar surface area (TPSA) is 38.8 Å². The summed E-state index contributed by atoms with van der Waals surface area (Å²) in [6, 6.07) is 0. The zero-order chi connectivity index (χ0) is 14.1. The zero-order valence-electron chi connectivity index (χ0n) is 11.9. The van der Waals surface area contributed by atoms with E-state index in [1.807, 2.05) is 27.7 Å². The molecule has 0 aromatic heterocycles. The standard InChI is InChI=1S/C14H23NO3/c1-8-9-17-12-13(4,5)18-14(6,7)15(12)11(16)10(2)3/h8,12H,1-2,9H2,3-7H3. The number of carbonyl (C=O) groups is 1. The van der Waals surface area contributed by atoms with Crippen molar-refractivity contribution in [2.45, 2.75) is 52.2 Å². The predicted octanol–water partition coefficient (Wildman–Crippen LogP) is 2.46. The summed E-state index contributed by atoms with van der Waals surface area (Å²) in [5.74, 6) is -0.153. The molecule has 0 spiro atoms. The molecule has 1 unspecified atom stereocenters. The van der Waals surface area contributed by atoms with Gasteiger partial charge in [-0.25, -0.2) is 0 Å². The summed E-state index contributed by atoms with van der Waals surface area (Å²) < 4.78 is 11.6. The highest BCUT2D eigenvalue weighted by molar-refractivity contribution is 5.93. The van der Waals surface area contributed by atoms with Gasteiger partial charge in [0.2, 0.25) is 0 Å². The molecule has 1 rings (SSSR count). The van der Waals surface area contributed by atoms with E-state index in [4.69, 9.17) is 9.47 Å². The first kappa shape index (κ1) is 14.9. The minimum Gasteiger partial charge on any atom is -0.351 e. The molecule has 1 fully saturated rings. The second-order valence-corrected chi connectivity index (χ2v) is 5.58. The van der Waals surface area contributed by atoms with E-state index in [1.54, 1.807) is 17.9 Å². The Morgan fingerprint density at radius 3 is 2.44 bits per heavy atom. The van der Waals surface area contributed by atoms with Crippen LogP contribution in [0.5, 0.6) is 0 Å². The molecule has 1 atom stereocenters. The SMILES string of the molecule is C=CCOC1N(C(=O)C(=C)C)C(C)(C)OC1(C)C. The Morgan fingerprint density at radius 1 is 1.44 bits per heavy atom. The summed E-state index contributed by atoms with van der Waals surface area (Å²) in [5.41, 5.74) is -0.820. The molecule has 0 saturated carbocycles. The van der Waals surface area contributed by atoms with Crippen LogP contribution >= 0.6 is 0 Å². The van der Waals surface area contributed by atoms with Gasteiger partial charge in [-0.2, -0.15) is 0 Å². The lowest BCUT2D eigenvalue weighted by atomic mass is 10.1. The highest BCUT2D eigenvalue weighted by Gasteiger charge is 2.54. The zero-order valence-corrected chi connectivity index (χ0v) is 11.9. The second-order valence-electron chi connectivity index (χ2n) is 5.58. The average Bonchev–Trinajstić information content (AvgIpc) is 2.38. The van der Waals surface area contributed by atoms with Crippen LogP contribution in [0, 0.1) is 0 Å². The van der Waals surface area contributed by atoms with Gasteiger partial charge in [-0.1, -0.05) is 12.7 Å². The monoisotopic (exact) mass is 253 g/mol. The van der Waals surface area contributed by atoms with E-state index in [-0.39, 0.29) is 5.91 Å². The average molecular weight is 253 g/mol. The van der Waals surface area contributed by atoms with Crippen molar-refractivity contribution in [1.82, 2.24) is 4.90 Å². The van der Waals surface area contributed by atoms with Crippen LogP contribution in [0.15, 0.2) is 24.8 Å². The van der Waals surface area contributed by atoms with Crippen LogP contribution in [0.25, 0.3) is 0 Å². The molecule has 0 radical (unpaired) electrons. The van der Waals surface area contributed by atoms with E-state index in [9.17, 15) is 4.79 Å². The first-order chi connectivity index (χ1) is 8.13. The summed E-state index contributed by atoms with van der Waals surface area (Å²) in [7, 11) is 0. The number of hydrogen-bond donors (Lipinski definition) is 0. The number of rotatable bonds is 4. The highest BCUT2D eigenvalue weighted by Crippen LogP contribution is 2.40. The molecule has 1 heterocycles. The molecule has 0 aliphatic carbocycles. The largest absolute Gasteiger partial charge is 0.351 e. The fourth-order valence-corrected chi connectivity index (χ4v) is 2.33. The van der Waals surface area contributed by atoms with Gasteiger partial charge >= 0.3 is 0 Å². The van der Waals surface area contributed by atoms with Crippen molar-refractivity contribution in [3.05, 3.63) is 24.8 Å². The van der Waals surface area contributed by atoms with Crippen molar-refractivity contribution in [2.24, 2.45) is 0 Å². The number of carbonyl (C=O) groups excluding carboxylic acids is 1. The van der Waals surface area contributed by atoms with Crippen molar-refractivity contribution < 1.29 is 14.3 Å². The number of ether oxygens (including phenoxy) is 2. The lowest BCUT2D eigenvalue weighted by Gasteiger charge is -2.33. The maximum atomic E-state index is 12.3. The Bertz CT molecular complexity index is 371. The number of nitrogens with zero attached hydrogens (tertiary/aromatic N) is 1. The van der Waals surface area contributed by atoms with Gasteiger partial charge in [0.25, 0.3) is 5.91 Å². The van der Waals surface area contributed by atoms with Crippen LogP contribution in [-0.4, -0.2) is 35.0 Å². The summed E-state index contributed by atoms with van der Waals surface area (Å²) in [4.78, 5) is 13.9. The molecule has 102 valence electrons. The molecule has 0 bridgehead atoms. The normalized spacial score (nSPS) is 24.9. The first-order valence-electron chi connectivity index (χ1n) is 6.05. The summed E-state index contributed by atoms with van der Waals surface area (Å²) in [5, 5.41) is 0. The fraction of sp³-hybridized carbons (Fsp3) is 0.643. The summed E-state index contributed by atoms with van der Waals surface area (Å²) >= 11 is 0. The third kappa shape index (κ3) is 2.65. The molecular formula is C14H23NO3. The van der Waals surface area contributed by atoms with Crippen molar-refractivity contribution in [3.63, 3.8) is 0 Å². The van der Waals surface area contributed by atoms with Crippen LogP contribution in [0.3, 0.4) is 0 Å². The molecule has 0 N–H and O–H groups in total. The minimum absolute atomic E-state index is 0.153. The Morgan fingerprint density at radius 2 is 2.00 bits per heavy atom. The summed E-state index contributed by atoms with van der Waals surface area (Å²) in [6.07, 6.45) is 1.21. The van der Waals surface area contributed by atoms with Crippen molar-refractivity contribution in [2.75, 3.05) is 6.61 Å². The van der Waals surface area contributed by atoms with E-state index < -0.39 is 17.6 Å². The third-order valence-electron chi connectivity index (χ3n) is 2.88. The molecule has 0 aromatic rings. The number of amides is 1. The Labute approximate surface area is 109 Å². The fourth-order valence-electron chi connectivity index (χ4n) is 2.33. The van der Waals surface area contributed by atoms with Crippen LogP contribution in [0.2, 0.25) is 0 Å². The second kappa shape index (κ2) is 4.86. The van der Waals surface area contributed by atoms with Gasteiger partial charge < -0.3 is 9.47 Å². The van der Waals surface area contributed by atoms with Gasteiger partial charge in [0.1, 0.15) is 11.3 Å². The van der Waals surface area contributed by atoms with Crippen molar-refractivity contribution >= 4 is 5.91 Å². The quantitative estimate of drug-likeness (QED) is 0.570. The molecular weight excluding hydrogens is 230 g/mol. The van der Waals surface area contributed by atoms with Gasteiger partial charge in [0.15, 0.2) is 6.23 Å². The smallest absolute Gasteiger partial charge is 0.253 e. The first-order valence-corrected chi connectivity index (χ1v) is 6.05. The highest BCUT2D eigenvalue weighted by atomic mass is 16.6. The maximum absolute atomic E-state index is 12.3. The van der Waals surface area contributed by atoms with Crippen LogP contribution in [0.1, 0.15) is 34.6 Å². The molecule has 1 aliphatic heterocycles. The van der Waals surface area contributed by atoms with E-state index in [2.05, 4.69) is 13.2 Å². The predicted molar refractivity (Wildman–Crippen MR) is 70.8 cm³/mol. The van der Waals surface area contributed by atoms with Crippen LogP contribution in [0.4, 0.5) is 0 Å². The lowest BCUT2D eigenvalue weighted by Crippen LogP contribution is -2.50. The van der Waals surface area contributed by atoms with Gasteiger partial charge in [0.05, 0.1) is 6.61 Å². The van der Waals surface area contributed by atoms with Gasteiger partial charge in [0, 0.05) is 5.57 Å². The van der Waals surface area contributed by atoms with Gasteiger partial charge in [-0.15, -0.1) is 6.58 Å². The van der Waals surface area contributed by atoms with E-state index in [0.29, 0.717) is 12.2 Å². The Balaban J connectivity index is 3.10. The Hall–Kier alpha value is -1.13. The van der Waals surface area contributed by atoms with Crippen LogP contribution < -0.4 is 0 Å². The Kier molecular flexibility index (Phi) is 4.03. The molecule has 0 aromatic carbocycles. The van der Waals surface area contributed by atoms with E-state index in [0.717, 1.165) is 0 Å². The maximum Gasteiger partial charge on any atom is 0.253 e. The molecule has 1 aliphatic rings. The van der Waals surface area contributed by atoms with Gasteiger partial charge in [-0.05, 0) is 34.6 Å². The molecule has 18 heavy (non-hydrogen) atoms. The number of hydrogen-bond acceptors (Lipinski definition) is 3. The molecule has 1 saturated heterocycles. The molecule has 4 heteroatoms.